The van der Waals surface area contributed by atoms with Crippen LogP contribution in [-0.4, -0.2) is 23.5 Å². The standard InChI is InChI=1S/C11H21N/c1-4-9-5-6-12(8(2)3)11-7-10(9)11/h8-11H,4-7H2,1-3H3. The molecule has 3 atom stereocenters. The second-order valence-electron chi connectivity index (χ2n) is 4.76. The number of hydrogen-bond acceptors (Lipinski definition) is 1. The Morgan fingerprint density at radius 2 is 2.17 bits per heavy atom. The van der Waals surface area contributed by atoms with Crippen molar-refractivity contribution < 1.29 is 0 Å². The minimum Gasteiger partial charge on any atom is -0.298 e. The second kappa shape index (κ2) is 3.02. The van der Waals surface area contributed by atoms with Crippen LogP contribution in [0, 0.1) is 11.8 Å². The summed E-state index contributed by atoms with van der Waals surface area (Å²) in [7, 11) is 0. The fourth-order valence-electron chi connectivity index (χ4n) is 2.93. The Bertz CT molecular complexity index is 164. The summed E-state index contributed by atoms with van der Waals surface area (Å²) in [4.78, 5) is 2.71. The fraction of sp³-hybridized carbons (Fsp3) is 1.00. The van der Waals surface area contributed by atoms with Crippen LogP contribution in [0.5, 0.6) is 0 Å². The molecule has 1 saturated heterocycles. The van der Waals surface area contributed by atoms with Crippen molar-refractivity contribution in [1.29, 1.82) is 0 Å². The van der Waals surface area contributed by atoms with Crippen LogP contribution < -0.4 is 0 Å². The van der Waals surface area contributed by atoms with Crippen molar-refractivity contribution >= 4 is 0 Å². The van der Waals surface area contributed by atoms with Crippen LogP contribution in [0.2, 0.25) is 0 Å². The Kier molecular flexibility index (Phi) is 2.16. The van der Waals surface area contributed by atoms with Crippen molar-refractivity contribution in [3.63, 3.8) is 0 Å². The third-order valence-corrected chi connectivity index (χ3v) is 3.78. The minimum atomic E-state index is 0.776. The van der Waals surface area contributed by atoms with Gasteiger partial charge in [-0.05, 0) is 45.1 Å². The summed E-state index contributed by atoms with van der Waals surface area (Å²) >= 11 is 0. The van der Waals surface area contributed by atoms with Gasteiger partial charge in [-0.15, -0.1) is 0 Å². The first-order chi connectivity index (χ1) is 5.74. The average Bonchev–Trinajstić information content (AvgIpc) is 2.80. The molecule has 1 aliphatic heterocycles. The molecule has 0 spiro atoms. The first-order valence-electron chi connectivity index (χ1n) is 5.49. The topological polar surface area (TPSA) is 3.24 Å². The molecule has 1 saturated carbocycles. The second-order valence-corrected chi connectivity index (χ2v) is 4.76. The Balaban J connectivity index is 1.94. The van der Waals surface area contributed by atoms with E-state index < -0.39 is 0 Å². The Labute approximate surface area is 76.1 Å². The largest absolute Gasteiger partial charge is 0.298 e. The highest BCUT2D eigenvalue weighted by Gasteiger charge is 2.49. The quantitative estimate of drug-likeness (QED) is 0.611. The van der Waals surface area contributed by atoms with Crippen molar-refractivity contribution in [2.45, 2.75) is 52.1 Å². The smallest absolute Gasteiger partial charge is 0.0133 e. The zero-order chi connectivity index (χ0) is 8.72. The van der Waals surface area contributed by atoms with Gasteiger partial charge in [-0.2, -0.15) is 0 Å². The van der Waals surface area contributed by atoms with E-state index in [1.54, 1.807) is 0 Å². The van der Waals surface area contributed by atoms with E-state index in [-0.39, 0.29) is 0 Å². The van der Waals surface area contributed by atoms with Gasteiger partial charge >= 0.3 is 0 Å². The van der Waals surface area contributed by atoms with Crippen molar-refractivity contribution in [3.8, 4) is 0 Å². The monoisotopic (exact) mass is 167 g/mol. The van der Waals surface area contributed by atoms with Gasteiger partial charge in [0.15, 0.2) is 0 Å². The number of rotatable bonds is 2. The lowest BCUT2D eigenvalue weighted by atomic mass is 9.93. The van der Waals surface area contributed by atoms with E-state index in [9.17, 15) is 0 Å². The summed E-state index contributed by atoms with van der Waals surface area (Å²) < 4.78 is 0. The molecule has 1 nitrogen and oxygen atoms in total. The predicted molar refractivity (Wildman–Crippen MR) is 52.1 cm³/mol. The van der Waals surface area contributed by atoms with Crippen LogP contribution in [-0.2, 0) is 0 Å². The van der Waals surface area contributed by atoms with Crippen LogP contribution >= 0.6 is 0 Å². The number of likely N-dealkylation sites (tertiary alicyclic amines) is 1. The molecule has 1 aliphatic carbocycles. The summed E-state index contributed by atoms with van der Waals surface area (Å²) in [5.74, 6) is 2.14. The summed E-state index contributed by atoms with van der Waals surface area (Å²) in [6, 6.07) is 1.75. The maximum Gasteiger partial charge on any atom is 0.0133 e. The normalized spacial score (nSPS) is 41.5. The molecule has 1 heterocycles. The number of nitrogens with zero attached hydrogens (tertiary/aromatic N) is 1. The summed E-state index contributed by atoms with van der Waals surface area (Å²) in [5.41, 5.74) is 0. The molecule has 0 radical (unpaired) electrons. The summed E-state index contributed by atoms with van der Waals surface area (Å²) in [6.07, 6.45) is 4.36. The molecule has 2 aliphatic rings. The van der Waals surface area contributed by atoms with E-state index in [4.69, 9.17) is 0 Å². The van der Waals surface area contributed by atoms with E-state index in [0.717, 1.165) is 23.9 Å². The van der Waals surface area contributed by atoms with Crippen LogP contribution in [0.3, 0.4) is 0 Å². The molecule has 0 aromatic heterocycles. The van der Waals surface area contributed by atoms with Crippen molar-refractivity contribution in [3.05, 3.63) is 0 Å². The van der Waals surface area contributed by atoms with E-state index in [2.05, 4.69) is 25.7 Å². The Hall–Kier alpha value is -0.0400. The molecule has 0 aromatic rings. The fourth-order valence-corrected chi connectivity index (χ4v) is 2.93. The molecule has 2 rings (SSSR count). The van der Waals surface area contributed by atoms with E-state index in [1.807, 2.05) is 0 Å². The molecule has 0 bridgehead atoms. The number of hydrogen-bond donors (Lipinski definition) is 0. The molecule has 0 amide bonds. The average molecular weight is 167 g/mol. The summed E-state index contributed by atoms with van der Waals surface area (Å²) in [6.45, 7) is 8.38. The van der Waals surface area contributed by atoms with E-state index in [0.29, 0.717) is 0 Å². The van der Waals surface area contributed by atoms with Crippen LogP contribution in [0.15, 0.2) is 0 Å². The highest BCUT2D eigenvalue weighted by Crippen LogP contribution is 2.48. The van der Waals surface area contributed by atoms with Gasteiger partial charge in [0, 0.05) is 12.1 Å². The van der Waals surface area contributed by atoms with Gasteiger partial charge in [0.25, 0.3) is 0 Å². The molecule has 0 aromatic carbocycles. The Morgan fingerprint density at radius 3 is 2.75 bits per heavy atom. The van der Waals surface area contributed by atoms with E-state index >= 15 is 0 Å². The highest BCUT2D eigenvalue weighted by atomic mass is 15.2. The Morgan fingerprint density at radius 1 is 1.42 bits per heavy atom. The predicted octanol–water partition coefficient (Wildman–Crippen LogP) is 2.52. The van der Waals surface area contributed by atoms with Crippen LogP contribution in [0.1, 0.15) is 40.0 Å². The van der Waals surface area contributed by atoms with Crippen LogP contribution in [0.4, 0.5) is 0 Å². The van der Waals surface area contributed by atoms with Gasteiger partial charge in [-0.25, -0.2) is 0 Å². The van der Waals surface area contributed by atoms with Crippen molar-refractivity contribution in [1.82, 2.24) is 4.90 Å². The first-order valence-corrected chi connectivity index (χ1v) is 5.49. The maximum atomic E-state index is 2.71. The zero-order valence-corrected chi connectivity index (χ0v) is 8.59. The third-order valence-electron chi connectivity index (χ3n) is 3.78. The molecule has 3 unspecified atom stereocenters. The number of piperidine rings is 1. The summed E-state index contributed by atoms with van der Waals surface area (Å²) in [5, 5.41) is 0. The number of fused-ring (bicyclic) bond motifs is 1. The molecular formula is C11H21N. The van der Waals surface area contributed by atoms with Gasteiger partial charge < -0.3 is 0 Å². The lowest BCUT2D eigenvalue weighted by Gasteiger charge is -2.33. The molecule has 0 N–H and O–H groups in total. The zero-order valence-electron chi connectivity index (χ0n) is 8.59. The molecule has 70 valence electrons. The van der Waals surface area contributed by atoms with Gasteiger partial charge in [-0.1, -0.05) is 13.3 Å². The molecule has 12 heavy (non-hydrogen) atoms. The van der Waals surface area contributed by atoms with Crippen molar-refractivity contribution in [2.75, 3.05) is 6.54 Å². The van der Waals surface area contributed by atoms with Gasteiger partial charge in [0.2, 0.25) is 0 Å². The lowest BCUT2D eigenvalue weighted by Crippen LogP contribution is -2.39. The van der Waals surface area contributed by atoms with Gasteiger partial charge in [0.05, 0.1) is 0 Å². The van der Waals surface area contributed by atoms with Crippen molar-refractivity contribution in [2.24, 2.45) is 11.8 Å². The SMILES string of the molecule is CCC1CCN(C(C)C)C2CC12. The maximum absolute atomic E-state index is 2.71. The molecule has 2 fully saturated rings. The minimum absolute atomic E-state index is 0.776. The van der Waals surface area contributed by atoms with Crippen LogP contribution in [0.25, 0.3) is 0 Å². The van der Waals surface area contributed by atoms with Gasteiger partial charge in [0.1, 0.15) is 0 Å². The van der Waals surface area contributed by atoms with Gasteiger partial charge in [-0.3, -0.25) is 4.90 Å². The van der Waals surface area contributed by atoms with E-state index in [1.165, 1.54) is 25.8 Å². The third kappa shape index (κ3) is 1.28. The highest BCUT2D eigenvalue weighted by molar-refractivity contribution is 5.02. The first kappa shape index (κ1) is 8.55. The molecule has 1 heteroatoms. The lowest BCUT2D eigenvalue weighted by molar-refractivity contribution is 0.138. The molecular weight excluding hydrogens is 146 g/mol.